The molecule has 2 N–H and O–H groups in total. The summed E-state index contributed by atoms with van der Waals surface area (Å²) in [6.45, 7) is 0. The lowest BCUT2D eigenvalue weighted by Crippen LogP contribution is -2.18. The molecule has 0 saturated carbocycles. The van der Waals surface area contributed by atoms with E-state index in [2.05, 4.69) is 20.1 Å². The highest BCUT2D eigenvalue weighted by molar-refractivity contribution is 7.89. The van der Waals surface area contributed by atoms with Crippen molar-refractivity contribution in [3.8, 4) is 11.3 Å². The molecule has 1 aromatic heterocycles. The summed E-state index contributed by atoms with van der Waals surface area (Å²) < 4.78 is 37.0. The second-order valence-electron chi connectivity index (χ2n) is 5.01. The number of H-pyrrole nitrogens is 1. The highest BCUT2D eigenvalue weighted by Gasteiger charge is 2.12. The normalized spacial score (nSPS) is 11.8. The molecule has 25 heavy (non-hydrogen) atoms. The summed E-state index contributed by atoms with van der Waals surface area (Å²) >= 11 is 5.86. The van der Waals surface area contributed by atoms with Crippen LogP contribution in [0.5, 0.6) is 0 Å². The van der Waals surface area contributed by atoms with Crippen molar-refractivity contribution >= 4 is 27.8 Å². The second kappa shape index (κ2) is 7.04. The van der Waals surface area contributed by atoms with Crippen molar-refractivity contribution in [1.82, 2.24) is 15.0 Å². The molecule has 0 bridgehead atoms. The summed E-state index contributed by atoms with van der Waals surface area (Å²) in [7, 11) is -3.88. The van der Waals surface area contributed by atoms with E-state index in [1.54, 1.807) is 24.3 Å². The smallest absolute Gasteiger partial charge is 0.276 e. The first-order chi connectivity index (χ1) is 12.0. The van der Waals surface area contributed by atoms with Crippen molar-refractivity contribution in [2.75, 3.05) is 0 Å². The Kier molecular flexibility index (Phi) is 4.82. The number of hydrazone groups is 1. The zero-order valence-corrected chi connectivity index (χ0v) is 14.2. The largest absolute Gasteiger partial charge is 0.277 e. The van der Waals surface area contributed by atoms with Crippen LogP contribution >= 0.6 is 11.6 Å². The maximum absolute atomic E-state index is 12.9. The van der Waals surface area contributed by atoms with Gasteiger partial charge < -0.3 is 0 Å². The van der Waals surface area contributed by atoms with Crippen molar-refractivity contribution < 1.29 is 12.8 Å². The first-order valence-corrected chi connectivity index (χ1v) is 8.91. The average molecular weight is 379 g/mol. The Labute approximate surface area is 148 Å². The molecule has 0 saturated heterocycles. The Bertz CT molecular complexity index is 999. The Hall–Kier alpha value is -2.71. The Morgan fingerprint density at radius 1 is 1.12 bits per heavy atom. The molecule has 0 spiro atoms. The van der Waals surface area contributed by atoms with Gasteiger partial charge in [0.2, 0.25) is 0 Å². The summed E-state index contributed by atoms with van der Waals surface area (Å²) in [4.78, 5) is 1.99. The molecule has 3 aromatic rings. The van der Waals surface area contributed by atoms with Crippen LogP contribution in [0.1, 0.15) is 5.56 Å². The number of halogens is 2. The molecule has 128 valence electrons. The number of aromatic amines is 1. The molecule has 0 aliphatic carbocycles. The number of nitrogens with zero attached hydrogens (tertiary/aromatic N) is 2. The van der Waals surface area contributed by atoms with E-state index in [9.17, 15) is 12.8 Å². The molecular weight excluding hydrogens is 367 g/mol. The van der Waals surface area contributed by atoms with Gasteiger partial charge in [-0.25, -0.2) is 9.22 Å². The molecule has 9 heteroatoms. The van der Waals surface area contributed by atoms with Gasteiger partial charge in [-0.3, -0.25) is 5.10 Å². The van der Waals surface area contributed by atoms with E-state index >= 15 is 0 Å². The van der Waals surface area contributed by atoms with Gasteiger partial charge in [0.05, 0.1) is 23.0 Å². The van der Waals surface area contributed by atoms with E-state index in [0.29, 0.717) is 16.3 Å². The van der Waals surface area contributed by atoms with Gasteiger partial charge in [0.25, 0.3) is 10.0 Å². The summed E-state index contributed by atoms with van der Waals surface area (Å²) in [6.07, 6.45) is 2.84. The predicted octanol–water partition coefficient (Wildman–Crippen LogP) is 3.18. The maximum Gasteiger partial charge on any atom is 0.276 e. The molecule has 0 atom stereocenters. The number of aromatic nitrogens is 2. The van der Waals surface area contributed by atoms with Crippen molar-refractivity contribution in [2.24, 2.45) is 5.10 Å². The zero-order chi connectivity index (χ0) is 17.9. The first kappa shape index (κ1) is 17.1. The number of hydrogen-bond acceptors (Lipinski definition) is 4. The van der Waals surface area contributed by atoms with Crippen molar-refractivity contribution in [2.45, 2.75) is 4.90 Å². The summed E-state index contributed by atoms with van der Waals surface area (Å²) in [5.74, 6) is -0.520. The van der Waals surface area contributed by atoms with Crippen LogP contribution in [0.15, 0.2) is 64.7 Å². The van der Waals surface area contributed by atoms with Gasteiger partial charge in [-0.2, -0.15) is 18.6 Å². The number of benzene rings is 2. The van der Waals surface area contributed by atoms with Gasteiger partial charge in [0.15, 0.2) is 0 Å². The standard InChI is InChI=1S/C16H12ClFN4O2S/c17-13-3-1-11(2-4-13)16-12(9-19-21-16)10-20-22-25(23,24)15-7-5-14(18)6-8-15/h1-10,22H,(H,19,21)/b20-10-. The SMILES string of the molecule is O=S(=O)(N/N=C\c1cn[nH]c1-c1ccc(Cl)cc1)c1ccc(F)cc1. The highest BCUT2D eigenvalue weighted by atomic mass is 35.5. The van der Waals surface area contributed by atoms with Gasteiger partial charge in [-0.15, -0.1) is 0 Å². The van der Waals surface area contributed by atoms with Crippen molar-refractivity contribution in [3.05, 3.63) is 71.1 Å². The third-order valence-corrected chi connectivity index (χ3v) is 4.79. The molecule has 0 aliphatic rings. The fourth-order valence-electron chi connectivity index (χ4n) is 2.07. The molecule has 6 nitrogen and oxygen atoms in total. The lowest BCUT2D eigenvalue weighted by atomic mass is 10.1. The number of hydrogen-bond donors (Lipinski definition) is 2. The van der Waals surface area contributed by atoms with Gasteiger partial charge in [0, 0.05) is 16.1 Å². The topological polar surface area (TPSA) is 87.2 Å². The van der Waals surface area contributed by atoms with Gasteiger partial charge >= 0.3 is 0 Å². The van der Waals surface area contributed by atoms with Crippen LogP contribution < -0.4 is 4.83 Å². The van der Waals surface area contributed by atoms with Gasteiger partial charge in [0.1, 0.15) is 5.82 Å². The van der Waals surface area contributed by atoms with E-state index in [-0.39, 0.29) is 4.90 Å². The van der Waals surface area contributed by atoms with Crippen LogP contribution in [0.3, 0.4) is 0 Å². The van der Waals surface area contributed by atoms with Crippen LogP contribution in [0, 0.1) is 5.82 Å². The fraction of sp³-hybridized carbons (Fsp3) is 0. The van der Waals surface area contributed by atoms with E-state index in [4.69, 9.17) is 11.6 Å². The zero-order valence-electron chi connectivity index (χ0n) is 12.6. The maximum atomic E-state index is 12.9. The first-order valence-electron chi connectivity index (χ1n) is 7.05. The van der Waals surface area contributed by atoms with Crippen LogP contribution in [-0.2, 0) is 10.0 Å². The average Bonchev–Trinajstić information content (AvgIpc) is 3.04. The second-order valence-corrected chi connectivity index (χ2v) is 7.11. The Morgan fingerprint density at radius 2 is 1.80 bits per heavy atom. The summed E-state index contributed by atoms with van der Waals surface area (Å²) in [5, 5.41) is 11.1. The monoisotopic (exact) mass is 378 g/mol. The van der Waals surface area contributed by atoms with Crippen LogP contribution in [-0.4, -0.2) is 24.8 Å². The lowest BCUT2D eigenvalue weighted by Gasteiger charge is -2.03. The van der Waals surface area contributed by atoms with E-state index in [1.807, 2.05) is 0 Å². The van der Waals surface area contributed by atoms with E-state index < -0.39 is 15.8 Å². The minimum atomic E-state index is -3.88. The van der Waals surface area contributed by atoms with Crippen LogP contribution in [0.4, 0.5) is 4.39 Å². The number of nitrogens with one attached hydrogen (secondary N) is 2. The molecule has 3 rings (SSSR count). The van der Waals surface area contributed by atoms with Crippen molar-refractivity contribution in [1.29, 1.82) is 0 Å². The van der Waals surface area contributed by atoms with Crippen LogP contribution in [0.25, 0.3) is 11.3 Å². The number of sulfonamides is 1. The molecule has 1 heterocycles. The minimum absolute atomic E-state index is 0.0869. The van der Waals surface area contributed by atoms with Gasteiger partial charge in [-0.1, -0.05) is 23.7 Å². The molecule has 0 amide bonds. The molecule has 0 radical (unpaired) electrons. The molecule has 0 fully saturated rings. The molecule has 0 unspecified atom stereocenters. The fourth-order valence-corrected chi connectivity index (χ4v) is 2.99. The van der Waals surface area contributed by atoms with E-state index in [0.717, 1.165) is 29.8 Å². The molecule has 0 aliphatic heterocycles. The summed E-state index contributed by atoms with van der Waals surface area (Å²) in [5.41, 5.74) is 2.08. The van der Waals surface area contributed by atoms with Gasteiger partial charge in [-0.05, 0) is 36.4 Å². The van der Waals surface area contributed by atoms with Crippen LogP contribution in [0.2, 0.25) is 5.02 Å². The molecular formula is C16H12ClFN4O2S. The summed E-state index contributed by atoms with van der Waals surface area (Å²) in [6, 6.07) is 11.5. The lowest BCUT2D eigenvalue weighted by molar-refractivity contribution is 0.583. The quantitative estimate of drug-likeness (QED) is 0.528. The number of rotatable bonds is 5. The highest BCUT2D eigenvalue weighted by Crippen LogP contribution is 2.21. The van der Waals surface area contributed by atoms with Crippen molar-refractivity contribution in [3.63, 3.8) is 0 Å². The molecule has 2 aromatic carbocycles. The third-order valence-electron chi connectivity index (χ3n) is 3.30. The Balaban J connectivity index is 1.78. The predicted molar refractivity (Wildman–Crippen MR) is 93.3 cm³/mol. The Morgan fingerprint density at radius 3 is 2.48 bits per heavy atom. The minimum Gasteiger partial charge on any atom is -0.277 e. The third kappa shape index (κ3) is 4.04. The van der Waals surface area contributed by atoms with E-state index in [1.165, 1.54) is 12.4 Å².